The Hall–Kier alpha value is -1.71. The Morgan fingerprint density at radius 2 is 1.39 bits per heavy atom. The van der Waals surface area contributed by atoms with Gasteiger partial charge in [0.05, 0.1) is 0 Å². The van der Waals surface area contributed by atoms with Gasteiger partial charge in [-0.1, -0.05) is 48.5 Å². The molecular formula is C18H19O4P. The maximum Gasteiger partial charge on any atom is 0.466 e. The second kappa shape index (κ2) is 6.42. The quantitative estimate of drug-likeness (QED) is 0.431. The van der Waals surface area contributed by atoms with Gasteiger partial charge >= 0.3 is 7.82 Å². The molecule has 0 aliphatic heterocycles. The summed E-state index contributed by atoms with van der Waals surface area (Å²) in [7, 11) is -4.64. The van der Waals surface area contributed by atoms with Crippen LogP contribution in [0.25, 0.3) is 21.5 Å². The molecule has 0 fully saturated rings. The van der Waals surface area contributed by atoms with Crippen molar-refractivity contribution < 1.29 is 19.2 Å². The standard InChI is InChI=1S/C18H16.H3O4P/c1-3-7-15-13(5-1)9-11-18-16-8-4-2-6-14(16)10-12-17(15)18;1-5(2,3)4/h1,3,5,7,9-12H,2,4,6,8H2;(H3,1,2,3,4). The van der Waals surface area contributed by atoms with Gasteiger partial charge in [-0.15, -0.1) is 0 Å². The van der Waals surface area contributed by atoms with Crippen LogP contribution in [0.2, 0.25) is 0 Å². The van der Waals surface area contributed by atoms with Crippen LogP contribution in [-0.2, 0) is 17.4 Å². The maximum absolute atomic E-state index is 8.88. The molecule has 0 atom stereocenters. The van der Waals surface area contributed by atoms with E-state index in [1.807, 2.05) is 0 Å². The fourth-order valence-electron chi connectivity index (χ4n) is 3.34. The van der Waals surface area contributed by atoms with Crippen LogP contribution in [0.3, 0.4) is 0 Å². The second-order valence-corrected chi connectivity index (χ2v) is 6.83. The van der Waals surface area contributed by atoms with E-state index in [4.69, 9.17) is 19.2 Å². The number of phosphoric acid groups is 1. The minimum Gasteiger partial charge on any atom is -0.303 e. The van der Waals surface area contributed by atoms with Gasteiger partial charge in [0.25, 0.3) is 0 Å². The van der Waals surface area contributed by atoms with Crippen LogP contribution in [0.15, 0.2) is 48.5 Å². The molecule has 0 spiro atoms. The first-order chi connectivity index (χ1) is 10.9. The molecule has 5 heteroatoms. The molecule has 1 aliphatic rings. The number of hydrogen-bond donors (Lipinski definition) is 3. The Bertz CT molecular complexity index is 890. The van der Waals surface area contributed by atoms with Crippen LogP contribution in [-0.4, -0.2) is 14.7 Å². The van der Waals surface area contributed by atoms with Gasteiger partial charge in [0.15, 0.2) is 0 Å². The molecule has 0 saturated carbocycles. The molecule has 3 aromatic rings. The van der Waals surface area contributed by atoms with E-state index in [2.05, 4.69) is 48.5 Å². The molecule has 0 unspecified atom stereocenters. The van der Waals surface area contributed by atoms with Gasteiger partial charge in [-0.05, 0) is 58.4 Å². The van der Waals surface area contributed by atoms with Crippen LogP contribution < -0.4 is 0 Å². The van der Waals surface area contributed by atoms with E-state index in [0.717, 1.165) is 0 Å². The minimum atomic E-state index is -4.64. The average molecular weight is 330 g/mol. The van der Waals surface area contributed by atoms with Gasteiger partial charge in [0, 0.05) is 0 Å². The smallest absolute Gasteiger partial charge is 0.303 e. The van der Waals surface area contributed by atoms with Crippen molar-refractivity contribution in [2.75, 3.05) is 0 Å². The Labute approximate surface area is 134 Å². The molecule has 120 valence electrons. The Kier molecular flexibility index (Phi) is 4.51. The normalized spacial score (nSPS) is 14.2. The third-order valence-corrected chi connectivity index (χ3v) is 4.26. The van der Waals surface area contributed by atoms with Crippen molar-refractivity contribution in [3.63, 3.8) is 0 Å². The van der Waals surface area contributed by atoms with E-state index in [9.17, 15) is 0 Å². The first-order valence-corrected chi connectivity index (χ1v) is 9.20. The van der Waals surface area contributed by atoms with Gasteiger partial charge in [0.2, 0.25) is 0 Å². The maximum atomic E-state index is 8.88. The zero-order valence-corrected chi connectivity index (χ0v) is 13.5. The van der Waals surface area contributed by atoms with Crippen LogP contribution >= 0.6 is 7.82 Å². The summed E-state index contributed by atoms with van der Waals surface area (Å²) < 4.78 is 8.88. The molecule has 0 radical (unpaired) electrons. The number of aryl methyl sites for hydroxylation is 2. The lowest BCUT2D eigenvalue weighted by Crippen LogP contribution is -2.02. The zero-order chi connectivity index (χ0) is 16.4. The Morgan fingerprint density at radius 1 is 0.739 bits per heavy atom. The molecule has 0 aromatic heterocycles. The topological polar surface area (TPSA) is 77.8 Å². The summed E-state index contributed by atoms with van der Waals surface area (Å²) in [6.07, 6.45) is 5.22. The molecule has 0 heterocycles. The molecular weight excluding hydrogens is 311 g/mol. The summed E-state index contributed by atoms with van der Waals surface area (Å²) in [5.41, 5.74) is 3.17. The van der Waals surface area contributed by atoms with Crippen LogP contribution in [0.5, 0.6) is 0 Å². The molecule has 1 aliphatic carbocycles. The highest BCUT2D eigenvalue weighted by Crippen LogP contribution is 2.33. The van der Waals surface area contributed by atoms with Crippen LogP contribution in [0.4, 0.5) is 0 Å². The van der Waals surface area contributed by atoms with E-state index in [1.165, 1.54) is 47.2 Å². The number of rotatable bonds is 0. The highest BCUT2D eigenvalue weighted by atomic mass is 31.2. The molecule has 0 saturated heterocycles. The first kappa shape index (κ1) is 16.2. The van der Waals surface area contributed by atoms with Gasteiger partial charge < -0.3 is 14.7 Å². The predicted octanol–water partition coefficient (Wildman–Crippen LogP) is 3.94. The van der Waals surface area contributed by atoms with Gasteiger partial charge in [0.1, 0.15) is 0 Å². The lowest BCUT2D eigenvalue weighted by Gasteiger charge is -2.18. The molecule has 0 bridgehead atoms. The first-order valence-electron chi connectivity index (χ1n) is 7.64. The fourth-order valence-corrected chi connectivity index (χ4v) is 3.34. The third-order valence-electron chi connectivity index (χ3n) is 4.26. The van der Waals surface area contributed by atoms with Gasteiger partial charge in [-0.2, -0.15) is 0 Å². The van der Waals surface area contributed by atoms with Crippen LogP contribution in [0.1, 0.15) is 24.0 Å². The average Bonchev–Trinajstić information content (AvgIpc) is 2.52. The van der Waals surface area contributed by atoms with E-state index in [-0.39, 0.29) is 0 Å². The monoisotopic (exact) mass is 330 g/mol. The molecule has 0 amide bonds. The molecule has 3 N–H and O–H groups in total. The molecule has 23 heavy (non-hydrogen) atoms. The highest BCUT2D eigenvalue weighted by molar-refractivity contribution is 7.45. The summed E-state index contributed by atoms with van der Waals surface area (Å²) in [5.74, 6) is 0. The summed E-state index contributed by atoms with van der Waals surface area (Å²) in [5, 5.41) is 5.64. The number of fused-ring (bicyclic) bond motifs is 5. The lowest BCUT2D eigenvalue weighted by atomic mass is 9.86. The van der Waals surface area contributed by atoms with Crippen molar-refractivity contribution in [2.24, 2.45) is 0 Å². The third kappa shape index (κ3) is 3.80. The molecule has 4 rings (SSSR count). The zero-order valence-electron chi connectivity index (χ0n) is 12.6. The molecule has 3 aromatic carbocycles. The van der Waals surface area contributed by atoms with E-state index in [1.54, 1.807) is 11.1 Å². The van der Waals surface area contributed by atoms with Crippen molar-refractivity contribution in [1.29, 1.82) is 0 Å². The predicted molar refractivity (Wildman–Crippen MR) is 92.4 cm³/mol. The highest BCUT2D eigenvalue weighted by Gasteiger charge is 2.13. The summed E-state index contributed by atoms with van der Waals surface area (Å²) in [6.45, 7) is 0. The largest absolute Gasteiger partial charge is 0.466 e. The SMILES string of the molecule is O=P(O)(O)O.c1ccc2c(c1)ccc1c3c(ccc12)CCCC3. The lowest BCUT2D eigenvalue weighted by molar-refractivity contribution is 0.275. The van der Waals surface area contributed by atoms with E-state index >= 15 is 0 Å². The van der Waals surface area contributed by atoms with Crippen LogP contribution in [0, 0.1) is 0 Å². The van der Waals surface area contributed by atoms with E-state index < -0.39 is 7.82 Å². The fraction of sp³-hybridized carbons (Fsp3) is 0.222. The number of benzene rings is 3. The Balaban J connectivity index is 0.000000276. The Morgan fingerprint density at radius 3 is 2.17 bits per heavy atom. The summed E-state index contributed by atoms with van der Waals surface area (Å²) in [4.78, 5) is 21.6. The molecule has 4 nitrogen and oxygen atoms in total. The van der Waals surface area contributed by atoms with Crippen molar-refractivity contribution in [3.8, 4) is 0 Å². The van der Waals surface area contributed by atoms with Gasteiger partial charge in [-0.25, -0.2) is 4.57 Å². The van der Waals surface area contributed by atoms with Crippen molar-refractivity contribution in [3.05, 3.63) is 59.7 Å². The summed E-state index contributed by atoms with van der Waals surface area (Å²) >= 11 is 0. The second-order valence-electron chi connectivity index (χ2n) is 5.81. The van der Waals surface area contributed by atoms with Gasteiger partial charge in [-0.3, -0.25) is 0 Å². The van der Waals surface area contributed by atoms with Crippen molar-refractivity contribution in [2.45, 2.75) is 25.7 Å². The number of hydrogen-bond acceptors (Lipinski definition) is 1. The van der Waals surface area contributed by atoms with Crippen molar-refractivity contribution in [1.82, 2.24) is 0 Å². The minimum absolute atomic E-state index is 1.25. The van der Waals surface area contributed by atoms with E-state index in [0.29, 0.717) is 0 Å². The summed E-state index contributed by atoms with van der Waals surface area (Å²) in [6, 6.07) is 18.0. The van der Waals surface area contributed by atoms with Crippen molar-refractivity contribution >= 4 is 29.4 Å².